The number of methoxy groups -OCH3 is 1. The maximum Gasteiger partial charge on any atom is 0.213 e. The third-order valence-corrected chi connectivity index (χ3v) is 4.30. The van der Waals surface area contributed by atoms with Gasteiger partial charge in [0.2, 0.25) is 5.88 Å². The standard InChI is InChI=1S/C20H18FN5O2/c1-12(19-16(26-9-3-8-23-26)6-7-18(25-19)27-2)28-17-11-13-10-14(21)4-5-15(13)24-20(17)22/h3-12H,1-2H3,(H2,22,24). The van der Waals surface area contributed by atoms with Gasteiger partial charge in [0, 0.05) is 23.8 Å². The van der Waals surface area contributed by atoms with Crippen molar-refractivity contribution in [3.8, 4) is 17.3 Å². The number of nitrogens with zero attached hydrogens (tertiary/aromatic N) is 4. The molecule has 0 aliphatic rings. The number of ether oxygens (including phenoxy) is 2. The van der Waals surface area contributed by atoms with Gasteiger partial charge in [-0.1, -0.05) is 0 Å². The van der Waals surface area contributed by atoms with Gasteiger partial charge in [0.25, 0.3) is 0 Å². The lowest BCUT2D eigenvalue weighted by Crippen LogP contribution is -2.12. The largest absolute Gasteiger partial charge is 0.481 e. The molecule has 0 spiro atoms. The van der Waals surface area contributed by atoms with Crippen LogP contribution in [0.15, 0.2) is 54.9 Å². The fourth-order valence-corrected chi connectivity index (χ4v) is 2.95. The van der Waals surface area contributed by atoms with E-state index in [-0.39, 0.29) is 11.6 Å². The molecule has 4 rings (SSSR count). The van der Waals surface area contributed by atoms with Crippen LogP contribution in [0.2, 0.25) is 0 Å². The molecule has 0 saturated heterocycles. The van der Waals surface area contributed by atoms with Crippen LogP contribution >= 0.6 is 0 Å². The van der Waals surface area contributed by atoms with Crippen molar-refractivity contribution in [2.45, 2.75) is 13.0 Å². The summed E-state index contributed by atoms with van der Waals surface area (Å²) < 4.78 is 26.5. The second-order valence-electron chi connectivity index (χ2n) is 6.18. The summed E-state index contributed by atoms with van der Waals surface area (Å²) in [6, 6.07) is 11.4. The molecule has 0 fully saturated rings. The zero-order valence-corrected chi connectivity index (χ0v) is 15.3. The van der Waals surface area contributed by atoms with E-state index in [9.17, 15) is 4.39 Å². The summed E-state index contributed by atoms with van der Waals surface area (Å²) in [5.74, 6) is 0.665. The smallest absolute Gasteiger partial charge is 0.213 e. The van der Waals surface area contributed by atoms with E-state index in [0.29, 0.717) is 28.2 Å². The van der Waals surface area contributed by atoms with Gasteiger partial charge in [-0.05, 0) is 43.3 Å². The van der Waals surface area contributed by atoms with E-state index in [1.807, 2.05) is 25.3 Å². The number of nitrogens with two attached hydrogens (primary N) is 1. The fraction of sp³-hybridized carbons (Fsp3) is 0.150. The van der Waals surface area contributed by atoms with Crippen LogP contribution in [-0.2, 0) is 0 Å². The number of benzene rings is 1. The third-order valence-electron chi connectivity index (χ3n) is 4.30. The first-order valence-corrected chi connectivity index (χ1v) is 8.62. The predicted molar refractivity (Wildman–Crippen MR) is 103 cm³/mol. The van der Waals surface area contributed by atoms with E-state index in [2.05, 4.69) is 15.1 Å². The van der Waals surface area contributed by atoms with Crippen LogP contribution in [-0.4, -0.2) is 26.9 Å². The van der Waals surface area contributed by atoms with Crippen LogP contribution in [0.3, 0.4) is 0 Å². The van der Waals surface area contributed by atoms with E-state index < -0.39 is 6.10 Å². The van der Waals surface area contributed by atoms with Gasteiger partial charge in [-0.15, -0.1) is 0 Å². The van der Waals surface area contributed by atoms with Crippen LogP contribution in [0.4, 0.5) is 10.2 Å². The maximum atomic E-state index is 13.6. The number of pyridine rings is 2. The second-order valence-corrected chi connectivity index (χ2v) is 6.18. The quantitative estimate of drug-likeness (QED) is 0.569. The summed E-state index contributed by atoms with van der Waals surface area (Å²) in [6.45, 7) is 1.84. The molecule has 3 heterocycles. The number of hydrogen-bond donors (Lipinski definition) is 1. The molecule has 0 saturated carbocycles. The summed E-state index contributed by atoms with van der Waals surface area (Å²) in [6.07, 6.45) is 3.00. The maximum absolute atomic E-state index is 13.6. The highest BCUT2D eigenvalue weighted by atomic mass is 19.1. The van der Waals surface area contributed by atoms with Gasteiger partial charge in [-0.3, -0.25) is 0 Å². The van der Waals surface area contributed by atoms with Gasteiger partial charge < -0.3 is 15.2 Å². The summed E-state index contributed by atoms with van der Waals surface area (Å²) in [7, 11) is 1.55. The van der Waals surface area contributed by atoms with E-state index in [1.54, 1.807) is 36.2 Å². The summed E-state index contributed by atoms with van der Waals surface area (Å²) >= 11 is 0. The van der Waals surface area contributed by atoms with E-state index in [4.69, 9.17) is 15.2 Å². The molecule has 4 aromatic rings. The molecule has 0 bridgehead atoms. The number of rotatable bonds is 5. The van der Waals surface area contributed by atoms with Crippen molar-refractivity contribution in [1.29, 1.82) is 0 Å². The molecule has 2 N–H and O–H groups in total. The van der Waals surface area contributed by atoms with Crippen molar-refractivity contribution < 1.29 is 13.9 Å². The minimum Gasteiger partial charge on any atom is -0.481 e. The lowest BCUT2D eigenvalue weighted by Gasteiger charge is -2.19. The fourth-order valence-electron chi connectivity index (χ4n) is 2.95. The minimum absolute atomic E-state index is 0.217. The van der Waals surface area contributed by atoms with Crippen molar-refractivity contribution in [3.63, 3.8) is 0 Å². The molecule has 3 aromatic heterocycles. The van der Waals surface area contributed by atoms with Crippen LogP contribution in [0.1, 0.15) is 18.7 Å². The van der Waals surface area contributed by atoms with E-state index >= 15 is 0 Å². The van der Waals surface area contributed by atoms with Gasteiger partial charge in [-0.2, -0.15) is 5.10 Å². The molecule has 0 aliphatic carbocycles. The topological polar surface area (TPSA) is 88.1 Å². The van der Waals surface area contributed by atoms with Crippen molar-refractivity contribution in [1.82, 2.24) is 19.7 Å². The van der Waals surface area contributed by atoms with Crippen molar-refractivity contribution in [2.75, 3.05) is 12.8 Å². The van der Waals surface area contributed by atoms with Crippen LogP contribution in [0.25, 0.3) is 16.6 Å². The van der Waals surface area contributed by atoms with Gasteiger partial charge in [0.15, 0.2) is 11.6 Å². The zero-order chi connectivity index (χ0) is 19.7. The molecule has 1 unspecified atom stereocenters. The highest BCUT2D eigenvalue weighted by molar-refractivity contribution is 5.82. The SMILES string of the molecule is COc1ccc(-n2cccn2)c(C(C)Oc2cc3cc(F)ccc3nc2N)n1. The molecule has 1 aromatic carbocycles. The number of aromatic nitrogens is 4. The molecule has 0 amide bonds. The molecule has 0 aliphatic heterocycles. The normalized spacial score (nSPS) is 12.1. The lowest BCUT2D eigenvalue weighted by atomic mass is 10.2. The first-order valence-electron chi connectivity index (χ1n) is 8.62. The Hall–Kier alpha value is -3.68. The molecule has 28 heavy (non-hydrogen) atoms. The van der Waals surface area contributed by atoms with Crippen molar-refractivity contribution in [3.05, 3.63) is 66.4 Å². The van der Waals surface area contributed by atoms with Crippen molar-refractivity contribution >= 4 is 16.7 Å². The van der Waals surface area contributed by atoms with Crippen LogP contribution < -0.4 is 15.2 Å². The Morgan fingerprint density at radius 3 is 2.75 bits per heavy atom. The van der Waals surface area contributed by atoms with Crippen molar-refractivity contribution in [2.24, 2.45) is 0 Å². The number of anilines is 1. The Labute approximate surface area is 160 Å². The second kappa shape index (κ2) is 7.15. The molecular formula is C20H18FN5O2. The van der Waals surface area contributed by atoms with Gasteiger partial charge >= 0.3 is 0 Å². The first kappa shape index (κ1) is 17.7. The molecular weight excluding hydrogens is 361 g/mol. The number of nitrogen functional groups attached to an aromatic ring is 1. The Balaban J connectivity index is 1.73. The molecule has 0 radical (unpaired) electrons. The lowest BCUT2D eigenvalue weighted by molar-refractivity contribution is 0.221. The zero-order valence-electron chi connectivity index (χ0n) is 15.3. The molecule has 7 nitrogen and oxygen atoms in total. The third kappa shape index (κ3) is 3.32. The first-order chi connectivity index (χ1) is 13.5. The highest BCUT2D eigenvalue weighted by Crippen LogP contribution is 2.31. The Kier molecular flexibility index (Phi) is 4.52. The van der Waals surface area contributed by atoms with Crippen LogP contribution in [0.5, 0.6) is 11.6 Å². The monoisotopic (exact) mass is 379 g/mol. The highest BCUT2D eigenvalue weighted by Gasteiger charge is 2.19. The van der Waals surface area contributed by atoms with Crippen LogP contribution in [0, 0.1) is 5.82 Å². The summed E-state index contributed by atoms with van der Waals surface area (Å²) in [4.78, 5) is 8.81. The number of fused-ring (bicyclic) bond motifs is 1. The van der Waals surface area contributed by atoms with Gasteiger partial charge in [0.05, 0.1) is 18.3 Å². The summed E-state index contributed by atoms with van der Waals surface area (Å²) in [5, 5.41) is 4.86. The Morgan fingerprint density at radius 1 is 1.14 bits per heavy atom. The predicted octanol–water partition coefficient (Wildman–Crippen LogP) is 3.69. The minimum atomic E-state index is -0.496. The number of hydrogen-bond acceptors (Lipinski definition) is 6. The van der Waals surface area contributed by atoms with E-state index in [0.717, 1.165) is 5.69 Å². The average molecular weight is 379 g/mol. The molecule has 142 valence electrons. The Morgan fingerprint density at radius 2 is 2.00 bits per heavy atom. The summed E-state index contributed by atoms with van der Waals surface area (Å²) in [5.41, 5.74) is 8.00. The molecule has 1 atom stereocenters. The van der Waals surface area contributed by atoms with Gasteiger partial charge in [0.1, 0.15) is 17.6 Å². The van der Waals surface area contributed by atoms with E-state index in [1.165, 1.54) is 12.1 Å². The van der Waals surface area contributed by atoms with Gasteiger partial charge in [-0.25, -0.2) is 19.0 Å². The Bertz CT molecular complexity index is 1130. The molecule has 8 heteroatoms. The average Bonchev–Trinajstić information content (AvgIpc) is 3.23. The number of halogens is 1.